The summed E-state index contributed by atoms with van der Waals surface area (Å²) >= 11 is 0. The lowest BCUT2D eigenvalue weighted by Crippen LogP contribution is -2.51. The van der Waals surface area contributed by atoms with Crippen LogP contribution in [0, 0.1) is 11.8 Å². The van der Waals surface area contributed by atoms with Gasteiger partial charge in [0.1, 0.15) is 30.0 Å². The van der Waals surface area contributed by atoms with E-state index in [2.05, 4.69) is 81.8 Å². The standard InChI is InChI=1S/C41H45N7O4/c1-22(2)36(46-41(50)51-4)40(49)48-15-5-6-34(48)38-42-20-33(45-38)25-9-12-29-27(16-25)21-52-35-19-24(8-13-30(29)35)23-10-14-31-32(18-23)44-39(43-31)37-26-7-11-28(17-26)47(37)3/h8-10,12-14,16,18-20,22,26,28,34,36-37H,5-7,11,15,17,21H2,1-4H3,(H,42,45)(H,43,44)(H,46,50)/t26-,28+,34?,36-,37-/m0/s1. The molecule has 268 valence electrons. The van der Waals surface area contributed by atoms with E-state index in [0.29, 0.717) is 31.2 Å². The summed E-state index contributed by atoms with van der Waals surface area (Å²) < 4.78 is 11.1. The number of aromatic nitrogens is 4. The molecule has 11 heteroatoms. The molecule has 2 bridgehead atoms. The van der Waals surface area contributed by atoms with Crippen molar-refractivity contribution < 1.29 is 19.1 Å². The van der Waals surface area contributed by atoms with Crippen LogP contribution in [0.1, 0.15) is 75.2 Å². The Labute approximate surface area is 303 Å². The molecule has 2 saturated heterocycles. The van der Waals surface area contributed by atoms with Crippen LogP contribution in [0.15, 0.2) is 60.8 Å². The zero-order valence-corrected chi connectivity index (χ0v) is 30.1. The lowest BCUT2D eigenvalue weighted by molar-refractivity contribution is -0.135. The number of H-pyrrole nitrogens is 2. The fourth-order valence-electron chi connectivity index (χ4n) is 9.16. The molecular weight excluding hydrogens is 654 g/mol. The maximum Gasteiger partial charge on any atom is 0.407 e. The molecule has 3 aliphatic heterocycles. The number of ether oxygens (including phenoxy) is 2. The first-order valence-electron chi connectivity index (χ1n) is 18.6. The minimum Gasteiger partial charge on any atom is -0.488 e. The molecule has 5 atom stereocenters. The first kappa shape index (κ1) is 32.7. The van der Waals surface area contributed by atoms with Gasteiger partial charge in [0, 0.05) is 18.2 Å². The highest BCUT2D eigenvalue weighted by Gasteiger charge is 2.46. The van der Waals surface area contributed by atoms with Crippen LogP contribution in [0.25, 0.3) is 44.5 Å². The van der Waals surface area contributed by atoms with E-state index in [1.807, 2.05) is 24.9 Å². The van der Waals surface area contributed by atoms with Gasteiger partial charge in [-0.25, -0.2) is 14.8 Å². The Kier molecular flexibility index (Phi) is 8.06. The molecule has 52 heavy (non-hydrogen) atoms. The first-order chi connectivity index (χ1) is 25.2. The molecule has 1 saturated carbocycles. The SMILES string of the molecule is COC(=O)N[C@H](C(=O)N1CCCC1c1ncc(-c2ccc3c(c2)COc2cc(-c4ccc5nc([C@@H]6[C@H]7CC[C@H](C7)N6C)[nH]c5c4)ccc2-3)[nH]1)C(C)C. The van der Waals surface area contributed by atoms with Gasteiger partial charge in [-0.2, -0.15) is 0 Å². The van der Waals surface area contributed by atoms with Crippen molar-refractivity contribution in [3.63, 3.8) is 0 Å². The van der Waals surface area contributed by atoms with Gasteiger partial charge in [-0.1, -0.05) is 44.2 Å². The zero-order valence-electron chi connectivity index (χ0n) is 30.1. The summed E-state index contributed by atoms with van der Waals surface area (Å²) in [6.45, 7) is 4.91. The molecule has 3 fully saturated rings. The molecule has 11 nitrogen and oxygen atoms in total. The predicted molar refractivity (Wildman–Crippen MR) is 198 cm³/mol. The highest BCUT2D eigenvalue weighted by Crippen LogP contribution is 2.49. The van der Waals surface area contributed by atoms with Crippen LogP contribution in [0.2, 0.25) is 0 Å². The van der Waals surface area contributed by atoms with E-state index in [1.165, 1.54) is 26.4 Å². The van der Waals surface area contributed by atoms with Crippen molar-refractivity contribution in [3.8, 4) is 39.3 Å². The van der Waals surface area contributed by atoms with E-state index < -0.39 is 12.1 Å². The highest BCUT2D eigenvalue weighted by molar-refractivity contribution is 5.87. The molecular formula is C41H45N7O4. The first-order valence-corrected chi connectivity index (χ1v) is 18.6. The normalized spacial score (nSPS) is 22.8. The average Bonchev–Trinajstić information content (AvgIpc) is 4.01. The minimum atomic E-state index is -0.672. The number of rotatable bonds is 7. The molecule has 2 aromatic heterocycles. The number of carbonyl (C=O) groups is 2. The van der Waals surface area contributed by atoms with Crippen LogP contribution in [-0.4, -0.2) is 74.5 Å². The second-order valence-electron chi connectivity index (χ2n) is 15.3. The summed E-state index contributed by atoms with van der Waals surface area (Å²) in [5.74, 6) is 3.21. The number of alkyl carbamates (subject to hydrolysis) is 1. The van der Waals surface area contributed by atoms with Gasteiger partial charge in [0.15, 0.2) is 0 Å². The van der Waals surface area contributed by atoms with Crippen LogP contribution in [0.3, 0.4) is 0 Å². The van der Waals surface area contributed by atoms with Crippen molar-refractivity contribution in [1.82, 2.24) is 35.1 Å². The lowest BCUT2D eigenvalue weighted by atomic mass is 9.92. The molecule has 2 amide bonds. The van der Waals surface area contributed by atoms with E-state index in [-0.39, 0.29) is 17.9 Å². The van der Waals surface area contributed by atoms with E-state index in [4.69, 9.17) is 19.4 Å². The number of hydrogen-bond acceptors (Lipinski definition) is 7. The summed E-state index contributed by atoms with van der Waals surface area (Å²) in [5, 5.41) is 2.71. The number of carbonyl (C=O) groups excluding carboxylic acids is 2. The van der Waals surface area contributed by atoms with Gasteiger partial charge in [-0.3, -0.25) is 9.69 Å². The molecule has 5 aromatic rings. The largest absolute Gasteiger partial charge is 0.488 e. The van der Waals surface area contributed by atoms with Crippen LogP contribution >= 0.6 is 0 Å². The van der Waals surface area contributed by atoms with Crippen LogP contribution in [0.5, 0.6) is 5.75 Å². The summed E-state index contributed by atoms with van der Waals surface area (Å²) in [7, 11) is 3.55. The van der Waals surface area contributed by atoms with Crippen molar-refractivity contribution in [3.05, 3.63) is 78.0 Å². The van der Waals surface area contributed by atoms with Gasteiger partial charge in [-0.15, -0.1) is 0 Å². The molecule has 0 spiro atoms. The van der Waals surface area contributed by atoms with Crippen molar-refractivity contribution in [2.45, 2.75) is 76.7 Å². The second-order valence-corrected chi connectivity index (χ2v) is 15.3. The Hall–Kier alpha value is -5.16. The van der Waals surface area contributed by atoms with Crippen molar-refractivity contribution in [2.24, 2.45) is 11.8 Å². The Morgan fingerprint density at radius 2 is 1.77 bits per heavy atom. The van der Waals surface area contributed by atoms with Crippen LogP contribution in [-0.2, 0) is 16.1 Å². The minimum absolute atomic E-state index is 0.0897. The topological polar surface area (TPSA) is 128 Å². The van der Waals surface area contributed by atoms with Crippen molar-refractivity contribution >= 4 is 23.0 Å². The third-order valence-electron chi connectivity index (χ3n) is 11.9. The van der Waals surface area contributed by atoms with E-state index in [9.17, 15) is 9.59 Å². The Morgan fingerprint density at radius 1 is 0.962 bits per heavy atom. The number of amides is 2. The van der Waals surface area contributed by atoms with Crippen molar-refractivity contribution in [1.29, 1.82) is 0 Å². The third kappa shape index (κ3) is 5.53. The summed E-state index contributed by atoms with van der Waals surface area (Å²) in [6.07, 6.45) is 6.79. The number of piperidine rings is 1. The molecule has 4 aliphatic rings. The number of nitrogens with zero attached hydrogens (tertiary/aromatic N) is 4. The van der Waals surface area contributed by atoms with Gasteiger partial charge in [-0.05, 0) is 103 Å². The van der Waals surface area contributed by atoms with Gasteiger partial charge >= 0.3 is 6.09 Å². The monoisotopic (exact) mass is 699 g/mol. The van der Waals surface area contributed by atoms with Crippen LogP contribution < -0.4 is 10.1 Å². The molecule has 0 radical (unpaired) electrons. The number of likely N-dealkylation sites (tertiary alicyclic amines) is 2. The highest BCUT2D eigenvalue weighted by atomic mass is 16.5. The summed E-state index contributed by atoms with van der Waals surface area (Å²) in [4.78, 5) is 46.8. The maximum atomic E-state index is 13.6. The molecule has 5 heterocycles. The number of benzene rings is 3. The number of hydrogen-bond donors (Lipinski definition) is 3. The Morgan fingerprint density at radius 3 is 2.58 bits per heavy atom. The smallest absolute Gasteiger partial charge is 0.407 e. The third-order valence-corrected chi connectivity index (χ3v) is 11.9. The van der Waals surface area contributed by atoms with Crippen LogP contribution in [0.4, 0.5) is 4.79 Å². The van der Waals surface area contributed by atoms with Gasteiger partial charge < -0.3 is 29.7 Å². The second kappa shape index (κ2) is 12.8. The number of imidazole rings is 2. The summed E-state index contributed by atoms with van der Waals surface area (Å²) in [5.41, 5.74) is 9.57. The van der Waals surface area contributed by atoms with Crippen molar-refractivity contribution in [2.75, 3.05) is 20.7 Å². The Bertz CT molecular complexity index is 2190. The fraction of sp³-hybridized carbons (Fsp3) is 0.415. The fourth-order valence-corrected chi connectivity index (χ4v) is 9.16. The predicted octanol–water partition coefficient (Wildman–Crippen LogP) is 7.38. The molecule has 1 aliphatic carbocycles. The van der Waals surface area contributed by atoms with E-state index in [1.54, 1.807) is 0 Å². The lowest BCUT2D eigenvalue weighted by Gasteiger charge is -2.30. The average molecular weight is 700 g/mol. The molecule has 1 unspecified atom stereocenters. The quantitative estimate of drug-likeness (QED) is 0.162. The number of nitrogens with one attached hydrogen (secondary N) is 3. The summed E-state index contributed by atoms with van der Waals surface area (Å²) in [6, 6.07) is 19.6. The Balaban J connectivity index is 0.928. The zero-order chi connectivity index (χ0) is 35.7. The maximum absolute atomic E-state index is 13.6. The number of aromatic amines is 2. The van der Waals surface area contributed by atoms with Gasteiger partial charge in [0.2, 0.25) is 5.91 Å². The van der Waals surface area contributed by atoms with E-state index >= 15 is 0 Å². The van der Waals surface area contributed by atoms with Gasteiger partial charge in [0.25, 0.3) is 0 Å². The molecule has 9 rings (SSSR count). The number of methoxy groups -OCH3 is 1. The van der Waals surface area contributed by atoms with E-state index in [0.717, 1.165) is 80.3 Å². The number of fused-ring (bicyclic) bond motifs is 6. The molecule has 3 aromatic carbocycles. The van der Waals surface area contributed by atoms with Gasteiger partial charge in [0.05, 0.1) is 42.1 Å². The molecule has 3 N–H and O–H groups in total.